The SMILES string of the molecule is CCCCCCCCOc1ccccc1C(=O)[O-].[K+]. The van der Waals surface area contributed by atoms with E-state index >= 15 is 0 Å². The molecular weight excluding hydrogens is 267 g/mol. The van der Waals surface area contributed by atoms with Gasteiger partial charge >= 0.3 is 51.4 Å². The number of carbonyl (C=O) groups is 1. The summed E-state index contributed by atoms with van der Waals surface area (Å²) < 4.78 is 5.48. The van der Waals surface area contributed by atoms with Crippen molar-refractivity contribution in [1.82, 2.24) is 0 Å². The third kappa shape index (κ3) is 8.10. The molecule has 0 unspecified atom stereocenters. The van der Waals surface area contributed by atoms with E-state index in [2.05, 4.69) is 6.92 Å². The van der Waals surface area contributed by atoms with E-state index in [0.717, 1.165) is 12.8 Å². The number of unbranched alkanes of at least 4 members (excludes halogenated alkanes) is 5. The molecule has 0 aliphatic heterocycles. The van der Waals surface area contributed by atoms with E-state index in [-0.39, 0.29) is 56.9 Å². The van der Waals surface area contributed by atoms with Crippen LogP contribution < -0.4 is 61.2 Å². The maximum absolute atomic E-state index is 10.8. The molecule has 0 amide bonds. The van der Waals surface area contributed by atoms with E-state index in [4.69, 9.17) is 4.74 Å². The van der Waals surface area contributed by atoms with E-state index < -0.39 is 5.97 Å². The van der Waals surface area contributed by atoms with Crippen molar-refractivity contribution in [2.75, 3.05) is 6.61 Å². The molecule has 0 N–H and O–H groups in total. The molecule has 0 fully saturated rings. The largest absolute Gasteiger partial charge is 1.00 e. The van der Waals surface area contributed by atoms with Gasteiger partial charge in [-0.15, -0.1) is 0 Å². The summed E-state index contributed by atoms with van der Waals surface area (Å²) in [5.74, 6) is -0.778. The molecule has 3 nitrogen and oxygen atoms in total. The summed E-state index contributed by atoms with van der Waals surface area (Å²) in [5, 5.41) is 10.8. The van der Waals surface area contributed by atoms with Crippen LogP contribution in [0.1, 0.15) is 55.8 Å². The van der Waals surface area contributed by atoms with Gasteiger partial charge in [0.15, 0.2) is 0 Å². The van der Waals surface area contributed by atoms with Gasteiger partial charge in [-0.1, -0.05) is 51.2 Å². The van der Waals surface area contributed by atoms with Crippen LogP contribution in [0.5, 0.6) is 5.75 Å². The van der Waals surface area contributed by atoms with Crippen molar-refractivity contribution in [3.63, 3.8) is 0 Å². The second-order valence-corrected chi connectivity index (χ2v) is 4.40. The quantitative estimate of drug-likeness (QED) is 0.467. The van der Waals surface area contributed by atoms with E-state index in [9.17, 15) is 9.90 Å². The first kappa shape index (κ1) is 19.1. The van der Waals surface area contributed by atoms with Crippen molar-refractivity contribution < 1.29 is 66.0 Å². The summed E-state index contributed by atoms with van der Waals surface area (Å²) >= 11 is 0. The first-order chi connectivity index (χ1) is 8.75. The molecule has 4 heteroatoms. The molecule has 0 aliphatic rings. The van der Waals surface area contributed by atoms with Gasteiger partial charge in [0, 0.05) is 5.56 Å². The zero-order valence-electron chi connectivity index (χ0n) is 12.0. The Morgan fingerprint density at radius 1 is 1.11 bits per heavy atom. The van der Waals surface area contributed by atoms with E-state index in [1.54, 1.807) is 18.2 Å². The van der Waals surface area contributed by atoms with Crippen molar-refractivity contribution in [2.45, 2.75) is 45.4 Å². The van der Waals surface area contributed by atoms with Crippen LogP contribution in [0.15, 0.2) is 24.3 Å². The normalized spacial score (nSPS) is 9.74. The monoisotopic (exact) mass is 288 g/mol. The minimum absolute atomic E-state index is 0. The first-order valence-electron chi connectivity index (χ1n) is 6.69. The van der Waals surface area contributed by atoms with Crippen LogP contribution in [0.4, 0.5) is 0 Å². The van der Waals surface area contributed by atoms with Gasteiger partial charge in [0.05, 0.1) is 12.6 Å². The van der Waals surface area contributed by atoms with Gasteiger partial charge in [-0.05, 0) is 18.6 Å². The summed E-state index contributed by atoms with van der Waals surface area (Å²) in [6.45, 7) is 2.76. The molecular formula is C15H21KO3. The topological polar surface area (TPSA) is 49.4 Å². The van der Waals surface area contributed by atoms with Crippen LogP contribution in [0.2, 0.25) is 0 Å². The number of para-hydroxylation sites is 1. The fraction of sp³-hybridized carbons (Fsp3) is 0.533. The molecule has 0 saturated heterocycles. The molecule has 0 aromatic heterocycles. The minimum Gasteiger partial charge on any atom is -0.545 e. The van der Waals surface area contributed by atoms with Crippen LogP contribution in [-0.2, 0) is 0 Å². The molecule has 0 radical (unpaired) electrons. The Hall–Kier alpha value is 0.126. The van der Waals surface area contributed by atoms with Gasteiger partial charge in [0.25, 0.3) is 0 Å². The third-order valence-electron chi connectivity index (χ3n) is 2.86. The Balaban J connectivity index is 0.00000324. The molecule has 1 aromatic rings. The van der Waals surface area contributed by atoms with Crippen LogP contribution in [-0.4, -0.2) is 12.6 Å². The molecule has 0 saturated carbocycles. The molecule has 0 aliphatic carbocycles. The fourth-order valence-corrected chi connectivity index (χ4v) is 1.83. The zero-order chi connectivity index (χ0) is 13.2. The minimum atomic E-state index is -1.19. The predicted molar refractivity (Wildman–Crippen MR) is 69.6 cm³/mol. The molecule has 1 aromatic carbocycles. The number of carboxylic acid groups (broad SMARTS) is 1. The van der Waals surface area contributed by atoms with Crippen LogP contribution in [0, 0.1) is 0 Å². The van der Waals surface area contributed by atoms with Gasteiger partial charge < -0.3 is 14.6 Å². The van der Waals surface area contributed by atoms with Gasteiger partial charge in [0.2, 0.25) is 0 Å². The fourth-order valence-electron chi connectivity index (χ4n) is 1.83. The van der Waals surface area contributed by atoms with Crippen molar-refractivity contribution in [2.24, 2.45) is 0 Å². The molecule has 0 heterocycles. The Morgan fingerprint density at radius 2 is 1.74 bits per heavy atom. The standard InChI is InChI=1S/C15H22O3.K/c1-2-3-4-5-6-9-12-18-14-11-8-7-10-13(14)15(16)17;/h7-8,10-11H,2-6,9,12H2,1H3,(H,16,17);/q;+1/p-1. The Labute approximate surface area is 158 Å². The Bertz CT molecular complexity index is 366. The predicted octanol–water partition coefficient (Wildman–Crippen LogP) is -0.207. The van der Waals surface area contributed by atoms with Crippen molar-refractivity contribution >= 4 is 5.97 Å². The number of carbonyl (C=O) groups excluding carboxylic acids is 1. The van der Waals surface area contributed by atoms with Crippen LogP contribution in [0.3, 0.4) is 0 Å². The van der Waals surface area contributed by atoms with E-state index in [1.807, 2.05) is 0 Å². The molecule has 0 bridgehead atoms. The van der Waals surface area contributed by atoms with E-state index in [1.165, 1.54) is 31.7 Å². The molecule has 0 atom stereocenters. The number of hydrogen-bond acceptors (Lipinski definition) is 3. The number of hydrogen-bond donors (Lipinski definition) is 0. The van der Waals surface area contributed by atoms with Gasteiger partial charge in [-0.3, -0.25) is 0 Å². The Kier molecular flexibility index (Phi) is 12.0. The molecule has 19 heavy (non-hydrogen) atoms. The third-order valence-corrected chi connectivity index (χ3v) is 2.86. The summed E-state index contributed by atoms with van der Waals surface area (Å²) in [7, 11) is 0. The smallest absolute Gasteiger partial charge is 0.545 e. The maximum atomic E-state index is 10.8. The van der Waals surface area contributed by atoms with Gasteiger partial charge in [-0.25, -0.2) is 0 Å². The second kappa shape index (κ2) is 11.9. The number of carboxylic acids is 1. The number of ether oxygens (including phenoxy) is 1. The number of aromatic carboxylic acids is 1. The van der Waals surface area contributed by atoms with Crippen LogP contribution in [0.25, 0.3) is 0 Å². The zero-order valence-corrected chi connectivity index (χ0v) is 15.1. The maximum Gasteiger partial charge on any atom is 1.00 e. The first-order valence-corrected chi connectivity index (χ1v) is 6.69. The summed E-state index contributed by atoms with van der Waals surface area (Å²) in [6.07, 6.45) is 7.12. The van der Waals surface area contributed by atoms with Crippen molar-refractivity contribution in [3.05, 3.63) is 29.8 Å². The average Bonchev–Trinajstić information content (AvgIpc) is 2.38. The molecule has 1 rings (SSSR count). The van der Waals surface area contributed by atoms with E-state index in [0.29, 0.717) is 12.4 Å². The number of rotatable bonds is 9. The number of benzene rings is 1. The second-order valence-electron chi connectivity index (χ2n) is 4.40. The summed E-state index contributed by atoms with van der Waals surface area (Å²) in [5.41, 5.74) is 0.128. The molecule has 0 spiro atoms. The van der Waals surface area contributed by atoms with Gasteiger partial charge in [0.1, 0.15) is 5.75 Å². The van der Waals surface area contributed by atoms with Crippen molar-refractivity contribution in [1.29, 1.82) is 0 Å². The van der Waals surface area contributed by atoms with Crippen LogP contribution >= 0.6 is 0 Å². The average molecular weight is 288 g/mol. The Morgan fingerprint density at radius 3 is 2.42 bits per heavy atom. The summed E-state index contributed by atoms with van der Waals surface area (Å²) in [4.78, 5) is 10.8. The summed E-state index contributed by atoms with van der Waals surface area (Å²) in [6, 6.07) is 6.61. The van der Waals surface area contributed by atoms with Gasteiger partial charge in [-0.2, -0.15) is 0 Å². The van der Waals surface area contributed by atoms with Crippen molar-refractivity contribution in [3.8, 4) is 5.75 Å². The molecule has 100 valence electrons.